The molecule has 62 valence electrons. The second-order valence-electron chi connectivity index (χ2n) is 2.50. The van der Waals surface area contributed by atoms with Gasteiger partial charge in [0.1, 0.15) is 5.75 Å². The molecule has 1 nitrogen and oxygen atoms in total. The second-order valence-corrected chi connectivity index (χ2v) is 2.50. The van der Waals surface area contributed by atoms with Gasteiger partial charge >= 0.3 is 0 Å². The Kier molecular flexibility index (Phi) is 2.70. The average Bonchev–Trinajstić information content (AvgIpc) is 2.10. The van der Waals surface area contributed by atoms with E-state index < -0.39 is 0 Å². The van der Waals surface area contributed by atoms with Gasteiger partial charge in [0.2, 0.25) is 0 Å². The number of allylic oxidation sites excluding steroid dienone is 3. The van der Waals surface area contributed by atoms with Crippen LogP contribution in [0.25, 0.3) is 5.57 Å². The first kappa shape index (κ1) is 8.60. The highest BCUT2D eigenvalue weighted by molar-refractivity contribution is 5.73. The molecule has 0 atom stereocenters. The van der Waals surface area contributed by atoms with Crippen molar-refractivity contribution in [3.05, 3.63) is 48.6 Å². The van der Waals surface area contributed by atoms with Gasteiger partial charge in [0.25, 0.3) is 0 Å². The number of hydrogen-bond donors (Lipinski definition) is 1. The predicted molar refractivity (Wildman–Crippen MR) is 52.0 cm³/mol. The number of phenolic OH excluding ortho intramolecular Hbond substituents is 1. The first-order valence-electron chi connectivity index (χ1n) is 3.86. The van der Waals surface area contributed by atoms with Crippen LogP contribution in [-0.4, -0.2) is 5.11 Å². The van der Waals surface area contributed by atoms with Crippen molar-refractivity contribution in [3.63, 3.8) is 0 Å². The molecule has 12 heavy (non-hydrogen) atoms. The fraction of sp³-hybridized carbons (Fsp3) is 0.0909. The van der Waals surface area contributed by atoms with Gasteiger partial charge in [-0.25, -0.2) is 0 Å². The van der Waals surface area contributed by atoms with Crippen molar-refractivity contribution in [1.29, 1.82) is 0 Å². The third kappa shape index (κ3) is 1.76. The smallest absolute Gasteiger partial charge is 0.115 e. The SMILES string of the molecule is C=C/C(=C/C)c1ccc(O)cc1. The van der Waals surface area contributed by atoms with Crippen molar-refractivity contribution in [2.75, 3.05) is 0 Å². The lowest BCUT2D eigenvalue weighted by Crippen LogP contribution is -1.78. The van der Waals surface area contributed by atoms with E-state index in [1.165, 1.54) is 0 Å². The summed E-state index contributed by atoms with van der Waals surface area (Å²) in [4.78, 5) is 0. The molecule has 1 N–H and O–H groups in total. The number of benzene rings is 1. The van der Waals surface area contributed by atoms with E-state index in [0.29, 0.717) is 5.75 Å². The van der Waals surface area contributed by atoms with Crippen LogP contribution < -0.4 is 0 Å². The fourth-order valence-corrected chi connectivity index (χ4v) is 1.06. The molecule has 0 aliphatic rings. The van der Waals surface area contributed by atoms with Gasteiger partial charge in [-0.1, -0.05) is 30.9 Å². The molecule has 0 spiro atoms. The standard InChI is InChI=1S/C11H12O/c1-3-9(4-2)10-5-7-11(12)8-6-10/h3-8,12H,1H2,2H3/b9-4-. The van der Waals surface area contributed by atoms with Gasteiger partial charge in [-0.05, 0) is 30.2 Å². The van der Waals surface area contributed by atoms with Crippen molar-refractivity contribution >= 4 is 5.57 Å². The van der Waals surface area contributed by atoms with E-state index in [2.05, 4.69) is 6.58 Å². The molecule has 1 heteroatoms. The molecule has 0 aliphatic carbocycles. The molecule has 0 fully saturated rings. The van der Waals surface area contributed by atoms with Gasteiger partial charge in [0.05, 0.1) is 0 Å². The third-order valence-electron chi connectivity index (χ3n) is 1.73. The van der Waals surface area contributed by atoms with Crippen LogP contribution in [0.1, 0.15) is 12.5 Å². The molecule has 0 aliphatic heterocycles. The summed E-state index contributed by atoms with van der Waals surface area (Å²) in [5, 5.41) is 9.04. The molecular formula is C11H12O. The minimum absolute atomic E-state index is 0.290. The lowest BCUT2D eigenvalue weighted by Gasteiger charge is -2.00. The lowest BCUT2D eigenvalue weighted by molar-refractivity contribution is 0.475. The van der Waals surface area contributed by atoms with Crippen LogP contribution in [0.3, 0.4) is 0 Å². The van der Waals surface area contributed by atoms with Crippen LogP contribution in [0.2, 0.25) is 0 Å². The summed E-state index contributed by atoms with van der Waals surface area (Å²) in [6.07, 6.45) is 3.78. The van der Waals surface area contributed by atoms with Crippen molar-refractivity contribution in [1.82, 2.24) is 0 Å². The highest BCUT2D eigenvalue weighted by Crippen LogP contribution is 2.18. The van der Waals surface area contributed by atoms with Gasteiger partial charge in [-0.3, -0.25) is 0 Å². The molecule has 0 saturated carbocycles. The zero-order valence-electron chi connectivity index (χ0n) is 7.12. The first-order valence-corrected chi connectivity index (χ1v) is 3.86. The van der Waals surface area contributed by atoms with Crippen molar-refractivity contribution in [2.24, 2.45) is 0 Å². The summed E-state index contributed by atoms with van der Waals surface area (Å²) in [6, 6.07) is 7.07. The molecule has 1 rings (SSSR count). The van der Waals surface area contributed by atoms with Crippen molar-refractivity contribution in [2.45, 2.75) is 6.92 Å². The summed E-state index contributed by atoms with van der Waals surface area (Å²) >= 11 is 0. The Morgan fingerprint density at radius 3 is 2.33 bits per heavy atom. The van der Waals surface area contributed by atoms with Gasteiger partial charge in [0.15, 0.2) is 0 Å². The van der Waals surface area contributed by atoms with Crippen LogP contribution in [0.5, 0.6) is 5.75 Å². The second kappa shape index (κ2) is 3.77. The van der Waals surface area contributed by atoms with E-state index >= 15 is 0 Å². The minimum atomic E-state index is 0.290. The van der Waals surface area contributed by atoms with Crippen LogP contribution in [-0.2, 0) is 0 Å². The Balaban J connectivity index is 3.04. The quantitative estimate of drug-likeness (QED) is 0.659. The Bertz CT molecular complexity index is 293. The van der Waals surface area contributed by atoms with Crippen LogP contribution in [0, 0.1) is 0 Å². The molecule has 0 unspecified atom stereocenters. The molecule has 1 aromatic carbocycles. The summed E-state index contributed by atoms with van der Waals surface area (Å²) in [5.74, 6) is 0.290. The molecule has 1 aromatic rings. The zero-order valence-corrected chi connectivity index (χ0v) is 7.12. The van der Waals surface area contributed by atoms with Crippen molar-refractivity contribution in [3.8, 4) is 5.75 Å². The minimum Gasteiger partial charge on any atom is -0.508 e. The Morgan fingerprint density at radius 1 is 1.33 bits per heavy atom. The Labute approximate surface area is 72.7 Å². The molecule has 0 radical (unpaired) electrons. The molecule has 0 bridgehead atoms. The number of hydrogen-bond acceptors (Lipinski definition) is 1. The molecular weight excluding hydrogens is 148 g/mol. The number of aromatic hydroxyl groups is 1. The monoisotopic (exact) mass is 160 g/mol. The summed E-state index contributed by atoms with van der Waals surface area (Å²) in [7, 11) is 0. The van der Waals surface area contributed by atoms with E-state index in [9.17, 15) is 0 Å². The number of rotatable bonds is 2. The molecule has 0 saturated heterocycles. The first-order chi connectivity index (χ1) is 5.77. The maximum absolute atomic E-state index is 9.04. The van der Waals surface area contributed by atoms with Crippen molar-refractivity contribution < 1.29 is 5.11 Å². The van der Waals surface area contributed by atoms with E-state index in [0.717, 1.165) is 11.1 Å². The van der Waals surface area contributed by atoms with Gasteiger partial charge < -0.3 is 5.11 Å². The third-order valence-corrected chi connectivity index (χ3v) is 1.73. The topological polar surface area (TPSA) is 20.2 Å². The molecule has 0 amide bonds. The van der Waals surface area contributed by atoms with E-state index in [1.807, 2.05) is 25.1 Å². The van der Waals surface area contributed by atoms with Gasteiger partial charge in [0, 0.05) is 0 Å². The fourth-order valence-electron chi connectivity index (χ4n) is 1.06. The Hall–Kier alpha value is -1.50. The van der Waals surface area contributed by atoms with Crippen LogP contribution >= 0.6 is 0 Å². The highest BCUT2D eigenvalue weighted by atomic mass is 16.3. The summed E-state index contributed by atoms with van der Waals surface area (Å²) in [5.41, 5.74) is 2.15. The van der Waals surface area contributed by atoms with Crippen LogP contribution in [0.15, 0.2) is 43.0 Å². The maximum atomic E-state index is 9.04. The van der Waals surface area contributed by atoms with Crippen LogP contribution in [0.4, 0.5) is 0 Å². The average molecular weight is 160 g/mol. The molecule has 0 aromatic heterocycles. The summed E-state index contributed by atoms with van der Waals surface area (Å²) in [6.45, 7) is 5.66. The van der Waals surface area contributed by atoms with E-state index in [4.69, 9.17) is 5.11 Å². The lowest BCUT2D eigenvalue weighted by atomic mass is 10.1. The van der Waals surface area contributed by atoms with E-state index in [1.54, 1.807) is 18.2 Å². The van der Waals surface area contributed by atoms with E-state index in [-0.39, 0.29) is 0 Å². The maximum Gasteiger partial charge on any atom is 0.115 e. The normalized spacial score (nSPS) is 11.2. The Morgan fingerprint density at radius 2 is 1.92 bits per heavy atom. The molecule has 0 heterocycles. The highest BCUT2D eigenvalue weighted by Gasteiger charge is 1.94. The number of phenols is 1. The zero-order chi connectivity index (χ0) is 8.97. The van der Waals surface area contributed by atoms with Gasteiger partial charge in [-0.15, -0.1) is 0 Å². The predicted octanol–water partition coefficient (Wildman–Crippen LogP) is 2.98. The van der Waals surface area contributed by atoms with Gasteiger partial charge in [-0.2, -0.15) is 0 Å². The largest absolute Gasteiger partial charge is 0.508 e. The summed E-state index contributed by atoms with van der Waals surface area (Å²) < 4.78 is 0.